The quantitative estimate of drug-likeness (QED) is 0.238. The van der Waals surface area contributed by atoms with E-state index < -0.39 is 0 Å². The van der Waals surface area contributed by atoms with Crippen molar-refractivity contribution >= 4 is 49.7 Å². The Morgan fingerprint density at radius 1 is 0.588 bits per heavy atom. The second-order valence-electron chi connectivity index (χ2n) is 8.57. The van der Waals surface area contributed by atoms with Gasteiger partial charge in [0.15, 0.2) is 0 Å². The summed E-state index contributed by atoms with van der Waals surface area (Å²) in [5.74, 6) is 0. The summed E-state index contributed by atoms with van der Waals surface area (Å²) < 4.78 is 2.30. The van der Waals surface area contributed by atoms with Crippen LogP contribution in [0.2, 0.25) is 5.02 Å². The maximum Gasteiger partial charge on any atom is 0.147 e. The highest BCUT2D eigenvalue weighted by Gasteiger charge is 2.21. The molecule has 2 heterocycles. The molecule has 0 saturated carbocycles. The first-order chi connectivity index (χ1) is 16.8. The van der Waals surface area contributed by atoms with Crippen LogP contribution < -0.4 is 0 Å². The molecule has 0 fully saturated rings. The van der Waals surface area contributed by atoms with Gasteiger partial charge >= 0.3 is 0 Å². The number of pyridine rings is 1. The number of benzene rings is 5. The smallest absolute Gasteiger partial charge is 0.147 e. The number of hydrogen-bond donors (Lipinski definition) is 0. The van der Waals surface area contributed by atoms with Gasteiger partial charge in [-0.3, -0.25) is 4.40 Å². The number of nitrogens with zero attached hydrogens (tertiary/aromatic N) is 2. The first-order valence-electron chi connectivity index (χ1n) is 11.4. The van der Waals surface area contributed by atoms with Gasteiger partial charge in [-0.1, -0.05) is 115 Å². The first-order valence-corrected chi connectivity index (χ1v) is 11.7. The molecule has 0 aliphatic carbocycles. The topological polar surface area (TPSA) is 17.3 Å². The van der Waals surface area contributed by atoms with Crippen LogP contribution in [-0.2, 0) is 0 Å². The van der Waals surface area contributed by atoms with E-state index in [0.29, 0.717) is 5.02 Å². The van der Waals surface area contributed by atoms with Crippen LogP contribution in [0.1, 0.15) is 0 Å². The standard InChI is InChI=1S/C31H19ClN2/c32-23-16-18-25-26-17-15-20-9-7-8-14-24(20)28(26)31-33-29(21-10-3-1-4-11-21)30(34(31)27(25)19-23)22-12-5-2-6-13-22/h1-19H. The lowest BCUT2D eigenvalue weighted by atomic mass is 9.99. The zero-order valence-electron chi connectivity index (χ0n) is 18.2. The van der Waals surface area contributed by atoms with E-state index in [0.717, 1.165) is 44.5 Å². The van der Waals surface area contributed by atoms with Crippen molar-refractivity contribution in [2.45, 2.75) is 0 Å². The third-order valence-electron chi connectivity index (χ3n) is 6.62. The fourth-order valence-electron chi connectivity index (χ4n) is 5.14. The normalized spacial score (nSPS) is 11.7. The van der Waals surface area contributed by atoms with Gasteiger partial charge in [-0.15, -0.1) is 0 Å². The number of imidazole rings is 1. The minimum Gasteiger partial charge on any atom is -0.291 e. The lowest BCUT2D eigenvalue weighted by molar-refractivity contribution is 1.27. The van der Waals surface area contributed by atoms with Crippen LogP contribution in [0, 0.1) is 0 Å². The Kier molecular flexibility index (Phi) is 4.23. The average Bonchev–Trinajstić information content (AvgIpc) is 3.30. The van der Waals surface area contributed by atoms with E-state index in [1.165, 1.54) is 16.2 Å². The van der Waals surface area contributed by atoms with E-state index in [2.05, 4.69) is 101 Å². The number of hydrogen-bond acceptors (Lipinski definition) is 1. The van der Waals surface area contributed by atoms with Crippen LogP contribution in [0.5, 0.6) is 0 Å². The predicted molar refractivity (Wildman–Crippen MR) is 144 cm³/mol. The van der Waals surface area contributed by atoms with Crippen molar-refractivity contribution in [3.63, 3.8) is 0 Å². The second kappa shape index (κ2) is 7.44. The summed E-state index contributed by atoms with van der Waals surface area (Å²) in [5.41, 5.74) is 6.25. The molecule has 0 atom stereocenters. The van der Waals surface area contributed by atoms with E-state index in [4.69, 9.17) is 16.6 Å². The summed E-state index contributed by atoms with van der Waals surface area (Å²) in [5, 5.41) is 6.62. The minimum atomic E-state index is 0.711. The monoisotopic (exact) mass is 454 g/mol. The van der Waals surface area contributed by atoms with Crippen LogP contribution in [0.4, 0.5) is 0 Å². The molecule has 0 saturated heterocycles. The molecule has 7 aromatic rings. The SMILES string of the molecule is Clc1ccc2c3ccc4ccccc4c3c3nc(-c4ccccc4)c(-c4ccccc4)n3c2c1. The van der Waals surface area contributed by atoms with Gasteiger partial charge in [-0.05, 0) is 28.3 Å². The first kappa shape index (κ1) is 19.3. The van der Waals surface area contributed by atoms with Crippen LogP contribution in [0.25, 0.3) is 60.6 Å². The maximum absolute atomic E-state index is 6.55. The largest absolute Gasteiger partial charge is 0.291 e. The molecule has 160 valence electrons. The van der Waals surface area contributed by atoms with E-state index >= 15 is 0 Å². The van der Waals surface area contributed by atoms with Gasteiger partial charge in [0.25, 0.3) is 0 Å². The molecule has 2 aromatic heterocycles. The summed E-state index contributed by atoms with van der Waals surface area (Å²) >= 11 is 6.55. The Balaban J connectivity index is 1.81. The molecule has 0 amide bonds. The van der Waals surface area contributed by atoms with Crippen molar-refractivity contribution in [1.82, 2.24) is 9.38 Å². The summed E-state index contributed by atoms with van der Waals surface area (Å²) in [4.78, 5) is 5.34. The highest BCUT2D eigenvalue weighted by atomic mass is 35.5. The summed E-state index contributed by atoms with van der Waals surface area (Å²) in [6, 6.07) is 40.1. The van der Waals surface area contributed by atoms with Gasteiger partial charge in [0.05, 0.1) is 16.9 Å². The molecule has 0 spiro atoms. The highest BCUT2D eigenvalue weighted by Crippen LogP contribution is 2.41. The molecule has 34 heavy (non-hydrogen) atoms. The zero-order valence-corrected chi connectivity index (χ0v) is 19.0. The Labute approximate surface area is 201 Å². The van der Waals surface area contributed by atoms with Crippen molar-refractivity contribution in [2.24, 2.45) is 0 Å². The van der Waals surface area contributed by atoms with Gasteiger partial charge in [0, 0.05) is 26.9 Å². The van der Waals surface area contributed by atoms with Crippen LogP contribution >= 0.6 is 11.6 Å². The minimum absolute atomic E-state index is 0.711. The molecule has 0 unspecified atom stereocenters. The van der Waals surface area contributed by atoms with Crippen LogP contribution in [0.3, 0.4) is 0 Å². The molecular formula is C31H19ClN2. The summed E-state index contributed by atoms with van der Waals surface area (Å²) in [7, 11) is 0. The van der Waals surface area contributed by atoms with Crippen molar-refractivity contribution in [3.05, 3.63) is 120 Å². The lowest BCUT2D eigenvalue weighted by Crippen LogP contribution is -1.95. The average molecular weight is 455 g/mol. The number of fused-ring (bicyclic) bond motifs is 8. The molecule has 0 aliphatic rings. The molecule has 7 rings (SSSR count). The number of aromatic nitrogens is 2. The second-order valence-corrected chi connectivity index (χ2v) is 9.01. The van der Waals surface area contributed by atoms with E-state index in [-0.39, 0.29) is 0 Å². The third kappa shape index (κ3) is 2.79. The number of halogens is 1. The van der Waals surface area contributed by atoms with Crippen LogP contribution in [0.15, 0.2) is 115 Å². The zero-order chi connectivity index (χ0) is 22.6. The van der Waals surface area contributed by atoms with Crippen molar-refractivity contribution < 1.29 is 0 Å². The molecule has 0 radical (unpaired) electrons. The van der Waals surface area contributed by atoms with Gasteiger partial charge < -0.3 is 0 Å². The fraction of sp³-hybridized carbons (Fsp3) is 0. The number of rotatable bonds is 2. The molecule has 0 bridgehead atoms. The molecule has 3 heteroatoms. The van der Waals surface area contributed by atoms with Crippen LogP contribution in [-0.4, -0.2) is 9.38 Å². The van der Waals surface area contributed by atoms with Gasteiger partial charge in [0.2, 0.25) is 0 Å². The lowest BCUT2D eigenvalue weighted by Gasteiger charge is -2.13. The highest BCUT2D eigenvalue weighted by molar-refractivity contribution is 6.32. The third-order valence-corrected chi connectivity index (χ3v) is 6.85. The Morgan fingerprint density at radius 2 is 1.26 bits per heavy atom. The van der Waals surface area contributed by atoms with E-state index in [9.17, 15) is 0 Å². The van der Waals surface area contributed by atoms with Gasteiger partial charge in [-0.2, -0.15) is 0 Å². The molecule has 0 N–H and O–H groups in total. The van der Waals surface area contributed by atoms with Crippen molar-refractivity contribution in [2.75, 3.05) is 0 Å². The van der Waals surface area contributed by atoms with Crippen molar-refractivity contribution in [3.8, 4) is 22.5 Å². The Bertz CT molecular complexity index is 1850. The van der Waals surface area contributed by atoms with E-state index in [1.807, 2.05) is 18.2 Å². The van der Waals surface area contributed by atoms with Crippen molar-refractivity contribution in [1.29, 1.82) is 0 Å². The Hall–Kier alpha value is -4.14. The summed E-state index contributed by atoms with van der Waals surface area (Å²) in [6.07, 6.45) is 0. The summed E-state index contributed by atoms with van der Waals surface area (Å²) in [6.45, 7) is 0. The molecular weight excluding hydrogens is 436 g/mol. The molecule has 2 nitrogen and oxygen atoms in total. The van der Waals surface area contributed by atoms with Gasteiger partial charge in [-0.25, -0.2) is 4.98 Å². The molecule has 5 aromatic carbocycles. The molecule has 0 aliphatic heterocycles. The van der Waals surface area contributed by atoms with Gasteiger partial charge in [0.1, 0.15) is 5.65 Å². The maximum atomic E-state index is 6.55. The Morgan fingerprint density at radius 3 is 2.06 bits per heavy atom. The predicted octanol–water partition coefficient (Wildman–Crippen LogP) is 8.78. The van der Waals surface area contributed by atoms with E-state index in [1.54, 1.807) is 0 Å². The fourth-order valence-corrected chi connectivity index (χ4v) is 5.30.